The zero-order valence-electron chi connectivity index (χ0n) is 12.4. The summed E-state index contributed by atoms with van der Waals surface area (Å²) in [6.45, 7) is 10.7. The van der Waals surface area contributed by atoms with Gasteiger partial charge in [0.15, 0.2) is 0 Å². The van der Waals surface area contributed by atoms with Crippen LogP contribution in [0, 0.1) is 10.8 Å². The van der Waals surface area contributed by atoms with Gasteiger partial charge in [0.25, 0.3) is 0 Å². The third-order valence-corrected chi connectivity index (χ3v) is 4.23. The van der Waals surface area contributed by atoms with Crippen LogP contribution in [0.4, 0.5) is 0 Å². The smallest absolute Gasteiger partial charge is 0.211 e. The van der Waals surface area contributed by atoms with Crippen molar-refractivity contribution in [2.75, 3.05) is 18.9 Å². The van der Waals surface area contributed by atoms with Crippen molar-refractivity contribution in [3.63, 3.8) is 0 Å². The Hall–Kier alpha value is -0.130. The highest BCUT2D eigenvalue weighted by molar-refractivity contribution is 7.89. The Morgan fingerprint density at radius 3 is 2.06 bits per heavy atom. The second-order valence-corrected chi connectivity index (χ2v) is 8.87. The predicted octanol–water partition coefficient (Wildman–Crippen LogP) is 2.14. The first-order valence-corrected chi connectivity index (χ1v) is 8.21. The highest BCUT2D eigenvalue weighted by Gasteiger charge is 2.22. The lowest BCUT2D eigenvalue weighted by Crippen LogP contribution is -2.36. The lowest BCUT2D eigenvalue weighted by Gasteiger charge is -2.25. The van der Waals surface area contributed by atoms with Crippen LogP contribution in [0.5, 0.6) is 0 Å². The molecule has 0 aromatic rings. The zero-order valence-corrected chi connectivity index (χ0v) is 13.2. The van der Waals surface area contributed by atoms with Gasteiger partial charge in [-0.15, -0.1) is 0 Å². The Morgan fingerprint density at radius 1 is 1.06 bits per heavy atom. The number of hydrogen-bond acceptors (Lipinski definition) is 3. The van der Waals surface area contributed by atoms with Crippen LogP contribution in [-0.4, -0.2) is 32.4 Å². The average molecular weight is 279 g/mol. The van der Waals surface area contributed by atoms with Crippen LogP contribution in [-0.2, 0) is 10.0 Å². The maximum atomic E-state index is 11.8. The first-order valence-electron chi connectivity index (χ1n) is 6.56. The van der Waals surface area contributed by atoms with Gasteiger partial charge in [0.05, 0.1) is 5.75 Å². The molecule has 0 bridgehead atoms. The van der Waals surface area contributed by atoms with Crippen LogP contribution in [0.15, 0.2) is 0 Å². The molecule has 0 aromatic carbocycles. The number of nitrogens with one attached hydrogen (secondary N) is 1. The van der Waals surface area contributed by atoms with E-state index in [0.29, 0.717) is 19.4 Å². The lowest BCUT2D eigenvalue weighted by molar-refractivity contribution is 0.242. The van der Waals surface area contributed by atoms with Crippen molar-refractivity contribution in [3.8, 4) is 0 Å². The van der Waals surface area contributed by atoms with E-state index in [1.165, 1.54) is 0 Å². The van der Waals surface area contributed by atoms with Gasteiger partial charge in [-0.05, 0) is 30.1 Å². The third-order valence-electron chi connectivity index (χ3n) is 2.90. The summed E-state index contributed by atoms with van der Waals surface area (Å²) in [6.07, 6.45) is 2.17. The van der Waals surface area contributed by atoms with Gasteiger partial charge in [-0.3, -0.25) is 0 Å². The van der Waals surface area contributed by atoms with Crippen molar-refractivity contribution in [1.82, 2.24) is 4.72 Å². The highest BCUT2D eigenvalue weighted by Crippen LogP contribution is 2.22. The Morgan fingerprint density at radius 2 is 1.61 bits per heavy atom. The SMILES string of the molecule is CC(C)(C)CCS(=O)(=O)NCC(C)(C)CCCO. The fourth-order valence-electron chi connectivity index (χ4n) is 1.46. The van der Waals surface area contributed by atoms with Gasteiger partial charge in [-0.2, -0.15) is 0 Å². The van der Waals surface area contributed by atoms with E-state index in [1.807, 2.05) is 34.6 Å². The number of aliphatic hydroxyl groups excluding tert-OH is 1. The van der Waals surface area contributed by atoms with E-state index in [2.05, 4.69) is 4.72 Å². The number of hydrogen-bond donors (Lipinski definition) is 2. The molecule has 4 nitrogen and oxygen atoms in total. The minimum Gasteiger partial charge on any atom is -0.396 e. The van der Waals surface area contributed by atoms with Gasteiger partial charge in [0.1, 0.15) is 0 Å². The Bertz CT molecular complexity index is 329. The van der Waals surface area contributed by atoms with E-state index >= 15 is 0 Å². The highest BCUT2D eigenvalue weighted by atomic mass is 32.2. The van der Waals surface area contributed by atoms with Gasteiger partial charge in [0, 0.05) is 13.2 Å². The second-order valence-electron chi connectivity index (χ2n) is 6.94. The third kappa shape index (κ3) is 9.85. The molecule has 0 saturated heterocycles. The number of rotatable bonds is 8. The first kappa shape index (κ1) is 17.9. The summed E-state index contributed by atoms with van der Waals surface area (Å²) in [5.41, 5.74) is -0.0846. The summed E-state index contributed by atoms with van der Waals surface area (Å²) in [5, 5.41) is 8.79. The molecule has 0 radical (unpaired) electrons. The van der Waals surface area contributed by atoms with Crippen LogP contribution >= 0.6 is 0 Å². The topological polar surface area (TPSA) is 66.4 Å². The molecule has 0 aromatic heterocycles. The van der Waals surface area contributed by atoms with Gasteiger partial charge in [0.2, 0.25) is 10.0 Å². The Balaban J connectivity index is 4.18. The standard InChI is InChI=1S/C13H29NO3S/c1-12(2,3)8-10-18(16,17)14-11-13(4,5)7-6-9-15/h14-15H,6-11H2,1-5H3. The predicted molar refractivity (Wildman–Crippen MR) is 76.0 cm³/mol. The molecule has 2 N–H and O–H groups in total. The van der Waals surface area contributed by atoms with E-state index in [-0.39, 0.29) is 23.2 Å². The molecule has 0 aliphatic carbocycles. The molecule has 0 heterocycles. The Kier molecular flexibility index (Phi) is 6.82. The molecule has 0 aliphatic heterocycles. The van der Waals surface area contributed by atoms with E-state index in [0.717, 1.165) is 6.42 Å². The zero-order chi connectivity index (χ0) is 14.4. The van der Waals surface area contributed by atoms with Crippen molar-refractivity contribution < 1.29 is 13.5 Å². The molecule has 110 valence electrons. The van der Waals surface area contributed by atoms with Crippen LogP contribution < -0.4 is 4.72 Å². The molecule has 0 spiro atoms. The minimum absolute atomic E-state index is 0.0289. The van der Waals surface area contributed by atoms with Crippen LogP contribution in [0.2, 0.25) is 0 Å². The molecule has 0 aliphatic rings. The van der Waals surface area contributed by atoms with E-state index in [1.54, 1.807) is 0 Å². The summed E-state index contributed by atoms with van der Waals surface area (Å²) in [4.78, 5) is 0. The molecule has 0 saturated carbocycles. The normalized spacial score (nSPS) is 13.9. The summed E-state index contributed by atoms with van der Waals surface area (Å²) in [5.74, 6) is 0.173. The van der Waals surface area contributed by atoms with Gasteiger partial charge in [-0.1, -0.05) is 34.6 Å². The summed E-state index contributed by atoms with van der Waals surface area (Å²) < 4.78 is 26.3. The molecule has 0 unspecified atom stereocenters. The monoisotopic (exact) mass is 279 g/mol. The summed E-state index contributed by atoms with van der Waals surface area (Å²) >= 11 is 0. The summed E-state index contributed by atoms with van der Waals surface area (Å²) in [6, 6.07) is 0. The van der Waals surface area contributed by atoms with E-state index in [9.17, 15) is 8.42 Å². The quantitative estimate of drug-likeness (QED) is 0.715. The fourth-order valence-corrected chi connectivity index (χ4v) is 3.10. The lowest BCUT2D eigenvalue weighted by atomic mass is 9.88. The molecule has 0 atom stereocenters. The molecule has 0 rings (SSSR count). The average Bonchev–Trinajstić information content (AvgIpc) is 2.21. The van der Waals surface area contributed by atoms with Crippen molar-refractivity contribution in [3.05, 3.63) is 0 Å². The molecule has 5 heteroatoms. The van der Waals surface area contributed by atoms with Gasteiger partial charge >= 0.3 is 0 Å². The molecular formula is C13H29NO3S. The van der Waals surface area contributed by atoms with Gasteiger partial charge < -0.3 is 5.11 Å². The number of aliphatic hydroxyl groups is 1. The van der Waals surface area contributed by atoms with E-state index in [4.69, 9.17) is 5.11 Å². The molecular weight excluding hydrogens is 250 g/mol. The van der Waals surface area contributed by atoms with Crippen molar-refractivity contribution in [2.24, 2.45) is 10.8 Å². The second kappa shape index (κ2) is 6.87. The Labute approximate surface area is 112 Å². The van der Waals surface area contributed by atoms with Crippen molar-refractivity contribution >= 4 is 10.0 Å². The maximum Gasteiger partial charge on any atom is 0.211 e. The van der Waals surface area contributed by atoms with Crippen LogP contribution in [0.3, 0.4) is 0 Å². The first-order chi connectivity index (χ1) is 7.97. The van der Waals surface area contributed by atoms with Crippen molar-refractivity contribution in [1.29, 1.82) is 0 Å². The van der Waals surface area contributed by atoms with Crippen LogP contribution in [0.25, 0.3) is 0 Å². The minimum atomic E-state index is -3.19. The summed E-state index contributed by atoms with van der Waals surface area (Å²) in [7, 11) is -3.19. The fraction of sp³-hybridized carbons (Fsp3) is 1.00. The van der Waals surface area contributed by atoms with E-state index < -0.39 is 10.0 Å². The maximum absolute atomic E-state index is 11.8. The molecule has 0 amide bonds. The van der Waals surface area contributed by atoms with Crippen molar-refractivity contribution in [2.45, 2.75) is 53.9 Å². The molecule has 0 fully saturated rings. The van der Waals surface area contributed by atoms with Crippen LogP contribution in [0.1, 0.15) is 53.9 Å². The van der Waals surface area contributed by atoms with Gasteiger partial charge in [-0.25, -0.2) is 13.1 Å². The molecule has 18 heavy (non-hydrogen) atoms. The number of sulfonamides is 1. The largest absolute Gasteiger partial charge is 0.396 e.